The van der Waals surface area contributed by atoms with E-state index >= 15 is 0 Å². The SMILES string of the molecule is CC/C=C\C/C=C\C/C=C\C/C=C\CCCCCCCCCCCCCCCCCCCCCCCCCCCCC(=O)NC(COP(=O)(O)OCC[N+](C)(C)C)C(O)/C=C/CCCCCCCCCCCCCCCCCCCC. The Bertz CT molecular complexity index is 1500. The highest BCUT2D eigenvalue weighted by Gasteiger charge is 2.28. The predicted octanol–water partition coefficient (Wildman–Crippen LogP) is 22.4. The molecule has 0 rings (SSSR count). The Morgan fingerprint density at radius 2 is 0.741 bits per heavy atom. The molecule has 0 saturated carbocycles. The molecule has 0 spiro atoms. The van der Waals surface area contributed by atoms with Crippen LogP contribution in [-0.4, -0.2) is 73.4 Å². The van der Waals surface area contributed by atoms with Crippen molar-refractivity contribution in [3.05, 3.63) is 60.8 Å². The van der Waals surface area contributed by atoms with Crippen LogP contribution in [0.5, 0.6) is 0 Å². The van der Waals surface area contributed by atoms with Gasteiger partial charge in [-0.3, -0.25) is 13.8 Å². The number of unbranched alkanes of at least 4 members (excludes halogenated alkanes) is 44. The fraction of sp³-hybridized carbons (Fsp3) is 0.847. The molecule has 8 nitrogen and oxygen atoms in total. The van der Waals surface area contributed by atoms with Crippen LogP contribution in [0.25, 0.3) is 0 Å². The van der Waals surface area contributed by atoms with Gasteiger partial charge in [0.05, 0.1) is 39.9 Å². The van der Waals surface area contributed by atoms with Crippen molar-refractivity contribution in [3.8, 4) is 0 Å². The summed E-state index contributed by atoms with van der Waals surface area (Å²) in [7, 11) is 1.59. The molecule has 0 saturated heterocycles. The number of amides is 1. The van der Waals surface area contributed by atoms with Gasteiger partial charge in [0.15, 0.2) is 0 Å². The summed E-state index contributed by atoms with van der Waals surface area (Å²) in [4.78, 5) is 23.4. The van der Waals surface area contributed by atoms with Crippen molar-refractivity contribution >= 4 is 13.7 Å². The first kappa shape index (κ1) is 79.2. The molecule has 0 aliphatic heterocycles. The molecule has 476 valence electrons. The first-order valence-electron chi connectivity index (χ1n) is 35.2. The Labute approximate surface area is 504 Å². The van der Waals surface area contributed by atoms with Gasteiger partial charge >= 0.3 is 7.82 Å². The molecular weight excluding hydrogens is 1020 g/mol. The van der Waals surface area contributed by atoms with Gasteiger partial charge in [-0.25, -0.2) is 4.57 Å². The number of nitrogens with one attached hydrogen (secondary N) is 1. The fourth-order valence-corrected chi connectivity index (χ4v) is 11.3. The van der Waals surface area contributed by atoms with Crippen molar-refractivity contribution in [1.82, 2.24) is 5.32 Å². The molecule has 0 radical (unpaired) electrons. The number of phosphoric ester groups is 1. The first-order chi connectivity index (χ1) is 39.5. The molecule has 81 heavy (non-hydrogen) atoms. The molecule has 0 bridgehead atoms. The highest BCUT2D eigenvalue weighted by Crippen LogP contribution is 2.43. The van der Waals surface area contributed by atoms with Gasteiger partial charge in [0, 0.05) is 6.42 Å². The van der Waals surface area contributed by atoms with Crippen LogP contribution in [0.15, 0.2) is 60.8 Å². The lowest BCUT2D eigenvalue weighted by atomic mass is 10.0. The first-order valence-corrected chi connectivity index (χ1v) is 36.7. The minimum Gasteiger partial charge on any atom is -0.387 e. The Kier molecular flexibility index (Phi) is 61.3. The van der Waals surface area contributed by atoms with Gasteiger partial charge in [-0.1, -0.05) is 338 Å². The van der Waals surface area contributed by atoms with Crippen molar-refractivity contribution in [1.29, 1.82) is 0 Å². The van der Waals surface area contributed by atoms with E-state index in [0.29, 0.717) is 17.4 Å². The molecule has 0 fully saturated rings. The van der Waals surface area contributed by atoms with Gasteiger partial charge in [0.1, 0.15) is 13.2 Å². The van der Waals surface area contributed by atoms with E-state index < -0.39 is 20.0 Å². The fourth-order valence-electron chi connectivity index (χ4n) is 10.6. The zero-order valence-corrected chi connectivity index (χ0v) is 55.4. The molecule has 0 heterocycles. The molecule has 0 aromatic rings. The van der Waals surface area contributed by atoms with E-state index in [1.807, 2.05) is 27.2 Å². The second-order valence-corrected chi connectivity index (χ2v) is 26.7. The minimum atomic E-state index is -4.35. The predicted molar refractivity (Wildman–Crippen MR) is 355 cm³/mol. The Hall–Kier alpha value is -1.80. The van der Waals surface area contributed by atoms with Crippen LogP contribution in [-0.2, 0) is 18.4 Å². The summed E-state index contributed by atoms with van der Waals surface area (Å²) >= 11 is 0. The molecule has 0 aliphatic rings. The number of hydrogen-bond acceptors (Lipinski definition) is 5. The third-order valence-corrected chi connectivity index (χ3v) is 17.0. The summed E-state index contributed by atoms with van der Waals surface area (Å²) in [6.45, 7) is 4.75. The van der Waals surface area contributed by atoms with E-state index in [1.54, 1.807) is 6.08 Å². The van der Waals surface area contributed by atoms with Crippen molar-refractivity contribution in [2.45, 2.75) is 353 Å². The Morgan fingerprint density at radius 1 is 0.432 bits per heavy atom. The average Bonchev–Trinajstić information content (AvgIpc) is 3.43. The van der Waals surface area contributed by atoms with Crippen LogP contribution in [0.2, 0.25) is 0 Å². The lowest BCUT2D eigenvalue weighted by Gasteiger charge is -2.25. The maximum Gasteiger partial charge on any atom is 0.472 e. The highest BCUT2D eigenvalue weighted by atomic mass is 31.2. The second kappa shape index (κ2) is 62.7. The number of nitrogens with zero attached hydrogens (tertiary/aromatic N) is 1. The molecule has 9 heteroatoms. The zero-order chi connectivity index (χ0) is 59.1. The van der Waals surface area contributed by atoms with Crippen molar-refractivity contribution < 1.29 is 32.9 Å². The van der Waals surface area contributed by atoms with Crippen LogP contribution in [0.1, 0.15) is 341 Å². The molecule has 0 aromatic carbocycles. The summed E-state index contributed by atoms with van der Waals surface area (Å²) in [5, 5.41) is 14.0. The van der Waals surface area contributed by atoms with Crippen LogP contribution < -0.4 is 5.32 Å². The monoisotopic (exact) mass is 1160 g/mol. The summed E-state index contributed by atoms with van der Waals surface area (Å²) < 4.78 is 23.8. The molecule has 0 aliphatic carbocycles. The van der Waals surface area contributed by atoms with Crippen molar-refractivity contribution in [3.63, 3.8) is 0 Å². The lowest BCUT2D eigenvalue weighted by Crippen LogP contribution is -2.45. The van der Waals surface area contributed by atoms with Gasteiger partial charge in [-0.05, 0) is 57.8 Å². The maximum absolute atomic E-state index is 13.0. The smallest absolute Gasteiger partial charge is 0.387 e. The molecular formula is C72H138N2O6P+. The third kappa shape index (κ3) is 65.6. The van der Waals surface area contributed by atoms with Gasteiger partial charge in [-0.2, -0.15) is 0 Å². The quantitative estimate of drug-likeness (QED) is 0.0243. The van der Waals surface area contributed by atoms with Crippen LogP contribution >= 0.6 is 7.82 Å². The topological polar surface area (TPSA) is 105 Å². The number of hydrogen-bond donors (Lipinski definition) is 3. The Morgan fingerprint density at radius 3 is 1.09 bits per heavy atom. The standard InChI is InChI=1S/C72H137N2O6P/c1-6-8-10-12-14-16-18-20-22-24-26-28-29-30-31-32-33-34-35-36-37-38-39-40-41-42-43-44-45-46-48-50-52-54-56-58-60-62-64-66-72(76)73-70(69-80-81(77,78)79-68-67-74(3,4)5)71(75)65-63-61-59-57-55-53-51-49-47-27-25-23-21-19-17-15-13-11-9-7-2/h8,10,14,16,20,22,26,28,63,65,70-71,75H,6-7,9,11-13,15,17-19,21,23-25,27,29-62,64,66-69H2,1-5H3,(H-,73,76,77,78)/p+1/b10-8-,16-14-,22-20-,28-26-,65-63+. The molecule has 3 atom stereocenters. The van der Waals surface area contributed by atoms with Gasteiger partial charge in [0.2, 0.25) is 5.91 Å². The summed E-state index contributed by atoms with van der Waals surface area (Å²) in [5.41, 5.74) is 0. The minimum absolute atomic E-state index is 0.0631. The van der Waals surface area contributed by atoms with E-state index in [-0.39, 0.29) is 19.1 Å². The number of rotatable bonds is 65. The molecule has 0 aromatic heterocycles. The number of aliphatic hydroxyl groups is 1. The molecule has 1 amide bonds. The number of quaternary nitrogens is 1. The van der Waals surface area contributed by atoms with Gasteiger partial charge in [-0.15, -0.1) is 0 Å². The summed E-state index contributed by atoms with van der Waals surface area (Å²) in [5.74, 6) is -0.170. The zero-order valence-electron chi connectivity index (χ0n) is 54.5. The van der Waals surface area contributed by atoms with E-state index in [2.05, 4.69) is 67.8 Å². The molecule has 3 unspecified atom stereocenters. The van der Waals surface area contributed by atoms with E-state index in [4.69, 9.17) is 9.05 Å². The summed E-state index contributed by atoms with van der Waals surface area (Å²) in [6, 6.07) is -0.846. The van der Waals surface area contributed by atoms with Crippen LogP contribution in [0.3, 0.4) is 0 Å². The number of likely N-dealkylation sites (N-methyl/N-ethyl adjacent to an activating group) is 1. The van der Waals surface area contributed by atoms with E-state index in [0.717, 1.165) is 64.2 Å². The highest BCUT2D eigenvalue weighted by molar-refractivity contribution is 7.47. The van der Waals surface area contributed by atoms with Gasteiger partial charge < -0.3 is 19.8 Å². The second-order valence-electron chi connectivity index (χ2n) is 25.2. The van der Waals surface area contributed by atoms with E-state index in [1.165, 1.54) is 257 Å². The van der Waals surface area contributed by atoms with Crippen LogP contribution in [0.4, 0.5) is 0 Å². The molecule has 3 N–H and O–H groups in total. The number of aliphatic hydroxyl groups excluding tert-OH is 1. The number of carbonyl (C=O) groups is 1. The normalized spacial score (nSPS) is 14.0. The number of allylic oxidation sites excluding steroid dienone is 9. The third-order valence-electron chi connectivity index (χ3n) is 16.0. The Balaban J connectivity index is 3.94. The summed E-state index contributed by atoms with van der Waals surface area (Å²) in [6.07, 6.45) is 86.6. The van der Waals surface area contributed by atoms with Crippen molar-refractivity contribution in [2.75, 3.05) is 40.9 Å². The van der Waals surface area contributed by atoms with Crippen LogP contribution in [0, 0.1) is 0 Å². The number of phosphoric acid groups is 1. The van der Waals surface area contributed by atoms with Crippen molar-refractivity contribution in [2.24, 2.45) is 0 Å². The van der Waals surface area contributed by atoms with E-state index in [9.17, 15) is 19.4 Å². The average molecular weight is 1160 g/mol. The maximum atomic E-state index is 13.0. The largest absolute Gasteiger partial charge is 0.472 e. The lowest BCUT2D eigenvalue weighted by molar-refractivity contribution is -0.870. The van der Waals surface area contributed by atoms with Gasteiger partial charge in [0.25, 0.3) is 0 Å². The number of carbonyl (C=O) groups excluding carboxylic acids is 1.